The second-order valence-electron chi connectivity index (χ2n) is 6.06. The quantitative estimate of drug-likeness (QED) is 0.865. The van der Waals surface area contributed by atoms with Crippen LogP contribution in [0.5, 0.6) is 11.5 Å². The molecule has 2 rings (SSSR count). The predicted octanol–water partition coefficient (Wildman–Crippen LogP) is 4.83. The van der Waals surface area contributed by atoms with Crippen molar-refractivity contribution in [2.75, 3.05) is 0 Å². The number of benzene rings is 2. The summed E-state index contributed by atoms with van der Waals surface area (Å²) < 4.78 is 6.07. The Hall–Kier alpha value is -1.80. The summed E-state index contributed by atoms with van der Waals surface area (Å²) in [6.45, 7) is 8.24. The largest absolute Gasteiger partial charge is 0.457 e. The lowest BCUT2D eigenvalue weighted by Gasteiger charge is -2.23. The minimum Gasteiger partial charge on any atom is -0.457 e. The summed E-state index contributed by atoms with van der Waals surface area (Å²) in [4.78, 5) is 0. The average Bonchev–Trinajstić information content (AvgIpc) is 2.38. The van der Waals surface area contributed by atoms with Crippen LogP contribution in [0.4, 0.5) is 0 Å². The van der Waals surface area contributed by atoms with E-state index in [9.17, 15) is 5.11 Å². The van der Waals surface area contributed by atoms with Gasteiger partial charge in [-0.2, -0.15) is 0 Å². The molecule has 0 heterocycles. The number of ether oxygens (including phenoxy) is 1. The van der Waals surface area contributed by atoms with Gasteiger partial charge in [0, 0.05) is 11.1 Å². The van der Waals surface area contributed by atoms with Crippen molar-refractivity contribution in [1.29, 1.82) is 0 Å². The lowest BCUT2D eigenvalue weighted by molar-refractivity contribution is 0.195. The predicted molar refractivity (Wildman–Crippen MR) is 82.3 cm³/mol. The topological polar surface area (TPSA) is 29.5 Å². The van der Waals surface area contributed by atoms with E-state index in [0.717, 1.165) is 16.9 Å². The summed E-state index contributed by atoms with van der Waals surface area (Å²) in [7, 11) is 0. The minimum atomic E-state index is -0.548. The Balaban J connectivity index is 2.41. The molecule has 0 bridgehead atoms. The van der Waals surface area contributed by atoms with E-state index in [0.29, 0.717) is 5.75 Å². The van der Waals surface area contributed by atoms with Gasteiger partial charge in [0.15, 0.2) is 0 Å². The van der Waals surface area contributed by atoms with Gasteiger partial charge in [0.2, 0.25) is 0 Å². The second-order valence-corrected chi connectivity index (χ2v) is 6.06. The van der Waals surface area contributed by atoms with Gasteiger partial charge >= 0.3 is 0 Å². The summed E-state index contributed by atoms with van der Waals surface area (Å²) in [5.41, 5.74) is 1.97. The molecule has 0 amide bonds. The number of aliphatic hydroxyl groups is 1. The minimum absolute atomic E-state index is 0.0103. The SMILES string of the molecule is CC(O)c1ccccc1Oc1ccccc1C(C)(C)C. The first-order valence-electron chi connectivity index (χ1n) is 6.94. The molecule has 2 heteroatoms. The van der Waals surface area contributed by atoms with E-state index in [-0.39, 0.29) is 5.41 Å². The van der Waals surface area contributed by atoms with Crippen LogP contribution in [-0.2, 0) is 5.41 Å². The monoisotopic (exact) mass is 270 g/mol. The Morgan fingerprint density at radius 2 is 1.45 bits per heavy atom. The average molecular weight is 270 g/mol. The summed E-state index contributed by atoms with van der Waals surface area (Å²) in [6, 6.07) is 15.6. The first-order chi connectivity index (χ1) is 9.39. The highest BCUT2D eigenvalue weighted by Gasteiger charge is 2.19. The highest BCUT2D eigenvalue weighted by molar-refractivity contribution is 5.44. The van der Waals surface area contributed by atoms with Crippen LogP contribution in [0.2, 0.25) is 0 Å². The second kappa shape index (κ2) is 5.68. The Morgan fingerprint density at radius 3 is 2.05 bits per heavy atom. The molecule has 0 fully saturated rings. The molecule has 0 spiro atoms. The number of rotatable bonds is 3. The lowest BCUT2D eigenvalue weighted by Crippen LogP contribution is -2.12. The zero-order valence-electron chi connectivity index (χ0n) is 12.6. The van der Waals surface area contributed by atoms with Crippen molar-refractivity contribution in [3.05, 3.63) is 59.7 Å². The zero-order valence-corrected chi connectivity index (χ0v) is 12.6. The number of hydrogen-bond donors (Lipinski definition) is 1. The molecule has 1 unspecified atom stereocenters. The molecule has 2 aromatic rings. The Morgan fingerprint density at radius 1 is 0.900 bits per heavy atom. The maximum atomic E-state index is 9.83. The van der Waals surface area contributed by atoms with Crippen molar-refractivity contribution in [3.8, 4) is 11.5 Å². The fourth-order valence-corrected chi connectivity index (χ4v) is 2.21. The molecule has 1 atom stereocenters. The molecular formula is C18H22O2. The number of aliphatic hydroxyl groups excluding tert-OH is 1. The maximum Gasteiger partial charge on any atom is 0.133 e. The van der Waals surface area contributed by atoms with Gasteiger partial charge in [-0.1, -0.05) is 57.2 Å². The molecule has 2 aromatic carbocycles. The number of hydrogen-bond acceptors (Lipinski definition) is 2. The standard InChI is InChI=1S/C18H22O2/c1-13(19)14-9-5-7-11-16(14)20-17-12-8-6-10-15(17)18(2,3)4/h5-13,19H,1-4H3. The molecule has 0 aliphatic carbocycles. The van der Waals surface area contributed by atoms with Gasteiger partial charge in [-0.3, -0.25) is 0 Å². The van der Waals surface area contributed by atoms with Crippen LogP contribution in [0, 0.1) is 0 Å². The fraction of sp³-hybridized carbons (Fsp3) is 0.333. The van der Waals surface area contributed by atoms with Crippen LogP contribution in [0.3, 0.4) is 0 Å². The summed E-state index contributed by atoms with van der Waals surface area (Å²) in [6.07, 6.45) is -0.548. The normalized spacial score (nSPS) is 13.1. The van der Waals surface area contributed by atoms with Gasteiger partial charge in [-0.15, -0.1) is 0 Å². The van der Waals surface area contributed by atoms with Gasteiger partial charge in [-0.05, 0) is 24.5 Å². The molecule has 0 aromatic heterocycles. The van der Waals surface area contributed by atoms with Crippen molar-refractivity contribution >= 4 is 0 Å². The van der Waals surface area contributed by atoms with Crippen LogP contribution in [0.1, 0.15) is 44.9 Å². The van der Waals surface area contributed by atoms with Crippen LogP contribution in [0.25, 0.3) is 0 Å². The molecule has 0 saturated heterocycles. The van der Waals surface area contributed by atoms with E-state index >= 15 is 0 Å². The van der Waals surface area contributed by atoms with Gasteiger partial charge in [0.25, 0.3) is 0 Å². The van der Waals surface area contributed by atoms with Crippen molar-refractivity contribution in [2.24, 2.45) is 0 Å². The lowest BCUT2D eigenvalue weighted by atomic mass is 9.86. The van der Waals surface area contributed by atoms with Crippen molar-refractivity contribution in [2.45, 2.75) is 39.2 Å². The summed E-state index contributed by atoms with van der Waals surface area (Å²) in [5, 5.41) is 9.83. The van der Waals surface area contributed by atoms with Gasteiger partial charge in [-0.25, -0.2) is 0 Å². The maximum absolute atomic E-state index is 9.83. The van der Waals surface area contributed by atoms with Crippen molar-refractivity contribution in [1.82, 2.24) is 0 Å². The highest BCUT2D eigenvalue weighted by atomic mass is 16.5. The first kappa shape index (κ1) is 14.6. The van der Waals surface area contributed by atoms with E-state index in [1.54, 1.807) is 6.92 Å². The van der Waals surface area contributed by atoms with E-state index in [1.165, 1.54) is 0 Å². The fourth-order valence-electron chi connectivity index (χ4n) is 2.21. The smallest absolute Gasteiger partial charge is 0.133 e. The van der Waals surface area contributed by atoms with Crippen molar-refractivity contribution in [3.63, 3.8) is 0 Å². The number of para-hydroxylation sites is 2. The van der Waals surface area contributed by atoms with E-state index in [2.05, 4.69) is 26.8 Å². The summed E-state index contributed by atoms with van der Waals surface area (Å²) >= 11 is 0. The third kappa shape index (κ3) is 3.20. The Bertz CT molecular complexity index is 580. The third-order valence-electron chi connectivity index (χ3n) is 3.28. The van der Waals surface area contributed by atoms with Crippen LogP contribution < -0.4 is 4.74 Å². The van der Waals surface area contributed by atoms with E-state index in [4.69, 9.17) is 4.74 Å². The molecule has 0 saturated carbocycles. The molecular weight excluding hydrogens is 248 g/mol. The Labute approximate surface area is 121 Å². The molecule has 1 N–H and O–H groups in total. The van der Waals surface area contributed by atoms with Crippen molar-refractivity contribution < 1.29 is 9.84 Å². The van der Waals surface area contributed by atoms with Crippen LogP contribution in [0.15, 0.2) is 48.5 Å². The molecule has 106 valence electrons. The molecule has 0 aliphatic rings. The van der Waals surface area contributed by atoms with Gasteiger partial charge in [0.1, 0.15) is 11.5 Å². The molecule has 0 aliphatic heterocycles. The van der Waals surface area contributed by atoms with Gasteiger partial charge < -0.3 is 9.84 Å². The molecule has 20 heavy (non-hydrogen) atoms. The molecule has 2 nitrogen and oxygen atoms in total. The first-order valence-corrected chi connectivity index (χ1v) is 6.94. The van der Waals surface area contributed by atoms with Crippen LogP contribution >= 0.6 is 0 Å². The highest BCUT2D eigenvalue weighted by Crippen LogP contribution is 2.36. The summed E-state index contributed by atoms with van der Waals surface area (Å²) in [5.74, 6) is 1.55. The zero-order chi connectivity index (χ0) is 14.8. The Kier molecular flexibility index (Phi) is 4.15. The third-order valence-corrected chi connectivity index (χ3v) is 3.28. The molecule has 0 radical (unpaired) electrons. The van der Waals surface area contributed by atoms with E-state index < -0.39 is 6.10 Å². The van der Waals surface area contributed by atoms with E-state index in [1.807, 2.05) is 42.5 Å². The van der Waals surface area contributed by atoms with Gasteiger partial charge in [0.05, 0.1) is 6.10 Å². The van der Waals surface area contributed by atoms with Crippen LogP contribution in [-0.4, -0.2) is 5.11 Å².